The monoisotopic (exact) mass is 663 g/mol. The second-order valence-corrected chi connectivity index (χ2v) is 11.8. The molecule has 0 fully saturated rings. The molecule has 9 aromatic carbocycles. The fraction of sp³-hybridized carbons (Fsp3) is 0. The molecule has 0 saturated heterocycles. The van der Waals surface area contributed by atoms with Crippen LogP contribution < -0.4 is 4.90 Å². The first-order chi connectivity index (χ1) is 31.2. The maximum atomic E-state index is 9.93. The summed E-state index contributed by atoms with van der Waals surface area (Å²) in [4.78, 5) is 0.976. The fourth-order valence-electron chi connectivity index (χ4n) is 6.37. The van der Waals surface area contributed by atoms with Gasteiger partial charge in [0.15, 0.2) is 0 Å². The molecule has 0 spiro atoms. The van der Waals surface area contributed by atoms with E-state index in [0.717, 1.165) is 15.8 Å². The van der Waals surface area contributed by atoms with Crippen molar-refractivity contribution in [1.29, 1.82) is 0 Å². The Hall–Kier alpha value is -6.70. The summed E-state index contributed by atoms with van der Waals surface area (Å²) in [5.74, 6) is 0. The van der Waals surface area contributed by atoms with E-state index in [2.05, 4.69) is 0 Å². The van der Waals surface area contributed by atoms with Gasteiger partial charge in [0.2, 0.25) is 0 Å². The van der Waals surface area contributed by atoms with Gasteiger partial charge < -0.3 is 4.90 Å². The molecule has 9 aromatic rings. The zero-order valence-electron chi connectivity index (χ0n) is 41.1. The second-order valence-electron chi connectivity index (χ2n) is 11.8. The molecule has 0 saturated carbocycles. The lowest BCUT2D eigenvalue weighted by Crippen LogP contribution is -2.12. The minimum absolute atomic E-state index is 0.0401. The summed E-state index contributed by atoms with van der Waals surface area (Å²) in [5.41, 5.74) is 0.919. The molecule has 51 heavy (non-hydrogen) atoms. The zero-order chi connectivity index (χ0) is 46.2. The summed E-state index contributed by atoms with van der Waals surface area (Å²) < 4.78 is 132. The average molecular weight is 664 g/mol. The van der Waals surface area contributed by atoms with E-state index < -0.39 is 101 Å². The third-order valence-electron chi connectivity index (χ3n) is 8.76. The van der Waals surface area contributed by atoms with Gasteiger partial charge in [-0.1, -0.05) is 182 Å². The number of benzene rings is 9. The molecule has 0 heterocycles. The summed E-state index contributed by atoms with van der Waals surface area (Å²) in [7, 11) is 0. The average Bonchev–Trinajstić information content (AvgIpc) is 3.32. The van der Waals surface area contributed by atoms with E-state index in [0.29, 0.717) is 27.6 Å². The van der Waals surface area contributed by atoms with Gasteiger partial charge in [-0.2, -0.15) is 0 Å². The molecule has 0 atom stereocenters. The van der Waals surface area contributed by atoms with Crippen molar-refractivity contribution in [3.8, 4) is 44.5 Å². The first-order valence-electron chi connectivity index (χ1n) is 23.4. The lowest BCUT2D eigenvalue weighted by Gasteiger charge is -2.30. The van der Waals surface area contributed by atoms with Gasteiger partial charge >= 0.3 is 0 Å². The van der Waals surface area contributed by atoms with Gasteiger partial charge in [-0.15, -0.1) is 0 Å². The summed E-state index contributed by atoms with van der Waals surface area (Å²) in [6.45, 7) is 0. The van der Waals surface area contributed by atoms with E-state index in [1.54, 1.807) is 66.7 Å². The molecular formula is C50H35N. The predicted octanol–water partition coefficient (Wildman–Crippen LogP) is 14.1. The smallest absolute Gasteiger partial charge is 0.0645 e. The van der Waals surface area contributed by atoms with Crippen LogP contribution >= 0.6 is 0 Å². The Bertz CT molecular complexity index is 3380. The Morgan fingerprint density at radius 3 is 1.71 bits per heavy atom. The third-order valence-corrected chi connectivity index (χ3v) is 8.76. The number of nitrogens with zero attached hydrogens (tertiary/aromatic N) is 1. The molecule has 0 bridgehead atoms. The summed E-state index contributed by atoms with van der Waals surface area (Å²) in [5, 5.41) is 0.469. The molecule has 0 amide bonds. The van der Waals surface area contributed by atoms with Gasteiger partial charge in [0.25, 0.3) is 0 Å². The minimum Gasteiger partial charge on any atom is -0.309 e. The molecule has 0 aromatic heterocycles. The predicted molar refractivity (Wildman–Crippen MR) is 218 cm³/mol. The van der Waals surface area contributed by atoms with Crippen molar-refractivity contribution in [2.24, 2.45) is 0 Å². The van der Waals surface area contributed by atoms with Crippen LogP contribution in [-0.2, 0) is 0 Å². The zero-order valence-corrected chi connectivity index (χ0v) is 27.1. The molecule has 0 N–H and O–H groups in total. The molecular weight excluding hydrogens is 615 g/mol. The van der Waals surface area contributed by atoms with E-state index in [-0.39, 0.29) is 28.4 Å². The van der Waals surface area contributed by atoms with Crippen molar-refractivity contribution in [3.63, 3.8) is 0 Å². The molecule has 1 heteroatoms. The highest BCUT2D eigenvalue weighted by Gasteiger charge is 2.21. The molecule has 0 aliphatic heterocycles. The topological polar surface area (TPSA) is 3.24 Å². The van der Waals surface area contributed by atoms with Gasteiger partial charge in [0.05, 0.1) is 30.6 Å². The largest absolute Gasteiger partial charge is 0.309 e. The Labute approximate surface area is 319 Å². The first kappa shape index (κ1) is 18.9. The quantitative estimate of drug-likeness (QED) is 0.164. The van der Waals surface area contributed by atoms with Crippen LogP contribution in [0.2, 0.25) is 0 Å². The van der Waals surface area contributed by atoms with E-state index in [9.17, 15) is 12.3 Å². The van der Waals surface area contributed by atoms with E-state index in [1.807, 2.05) is 60.7 Å². The Morgan fingerprint density at radius 1 is 0.353 bits per heavy atom. The lowest BCUT2D eigenvalue weighted by molar-refractivity contribution is 1.30. The highest BCUT2D eigenvalue weighted by molar-refractivity contribution is 6.05. The van der Waals surface area contributed by atoms with Crippen LogP contribution in [0.1, 0.15) is 19.2 Å². The van der Waals surface area contributed by atoms with Gasteiger partial charge in [0, 0.05) is 16.6 Å². The van der Waals surface area contributed by atoms with Crippen molar-refractivity contribution in [2.75, 3.05) is 4.90 Å². The maximum absolute atomic E-state index is 9.93. The van der Waals surface area contributed by atoms with Crippen molar-refractivity contribution in [3.05, 3.63) is 212 Å². The molecule has 0 aliphatic carbocycles. The molecule has 0 aliphatic rings. The normalized spacial score (nSPS) is 15.0. The number of anilines is 3. The minimum atomic E-state index is -0.794. The van der Waals surface area contributed by atoms with Crippen LogP contribution in [0.4, 0.5) is 17.1 Å². The highest BCUT2D eigenvalue weighted by Crippen LogP contribution is 2.46. The van der Waals surface area contributed by atoms with E-state index in [1.165, 1.54) is 0 Å². The van der Waals surface area contributed by atoms with Crippen molar-refractivity contribution < 1.29 is 19.2 Å². The van der Waals surface area contributed by atoms with Gasteiger partial charge in [-0.25, -0.2) is 0 Å². The van der Waals surface area contributed by atoms with E-state index in [4.69, 9.17) is 6.85 Å². The van der Waals surface area contributed by atoms with Crippen LogP contribution in [0.3, 0.4) is 0 Å². The number of hydrogen-bond acceptors (Lipinski definition) is 1. The lowest BCUT2D eigenvalue weighted by atomic mass is 9.89. The van der Waals surface area contributed by atoms with Gasteiger partial charge in [0.1, 0.15) is 0 Å². The molecule has 0 radical (unpaired) electrons. The van der Waals surface area contributed by atoms with Crippen molar-refractivity contribution in [2.45, 2.75) is 0 Å². The van der Waals surface area contributed by atoms with E-state index >= 15 is 0 Å². The summed E-state index contributed by atoms with van der Waals surface area (Å²) >= 11 is 0. The highest BCUT2D eigenvalue weighted by atomic mass is 15.1. The standard InChI is InChI=1S/C50H35N/c1-4-15-36(16-5-1)42-30-34-49(47(35-42)39-19-8-3-9-20-39)51(48-26-14-23-37-21-10-12-24-44(37)48)43-31-27-41(28-32-43)50-45-25-13-11-22-40(45)29-33-46(50)38-17-6-2-7-18-38/h1-35H/i10D,12D,14D,21D,23D,24D,26D,27D,28D,30D,31D,32D,34D,35D. The third kappa shape index (κ3) is 5.75. The summed E-state index contributed by atoms with van der Waals surface area (Å²) in [6.07, 6.45) is 0. The molecule has 240 valence electrons. The summed E-state index contributed by atoms with van der Waals surface area (Å²) in [6, 6.07) is 28.3. The first-order valence-corrected chi connectivity index (χ1v) is 16.4. The fourth-order valence-corrected chi connectivity index (χ4v) is 6.37. The van der Waals surface area contributed by atoms with Crippen LogP contribution in [0.5, 0.6) is 0 Å². The molecule has 1 nitrogen and oxygen atoms in total. The number of fused-ring (bicyclic) bond motifs is 2. The van der Waals surface area contributed by atoms with Gasteiger partial charge in [-0.3, -0.25) is 0 Å². The van der Waals surface area contributed by atoms with Crippen molar-refractivity contribution in [1.82, 2.24) is 0 Å². The maximum Gasteiger partial charge on any atom is 0.0645 e. The number of rotatable bonds is 7. The van der Waals surface area contributed by atoms with Gasteiger partial charge in [-0.05, 0) is 85.3 Å². The second kappa shape index (κ2) is 13.3. The Balaban J connectivity index is 1.51. The Morgan fingerprint density at radius 2 is 0.961 bits per heavy atom. The molecule has 0 unspecified atom stereocenters. The molecule has 9 rings (SSSR count). The van der Waals surface area contributed by atoms with Crippen LogP contribution in [-0.4, -0.2) is 0 Å². The van der Waals surface area contributed by atoms with Crippen LogP contribution in [0.25, 0.3) is 66.1 Å². The van der Waals surface area contributed by atoms with Crippen LogP contribution in [0.15, 0.2) is 212 Å². The SMILES string of the molecule is [2H]c1c([2H])c(N(c2c([2H])c([2H])c(-c3c(-c4ccccc4)ccc4ccccc34)c([2H])c2[2H])c2c([2H])c([2H])c([2H])c3c([2H])c([2H])c([2H])c([2H])c23)c(-c2ccccc2)c([2H])c1-c1ccccc1. The Kier molecular flexibility index (Phi) is 4.93. The number of hydrogen-bond donors (Lipinski definition) is 0. The van der Waals surface area contributed by atoms with Crippen molar-refractivity contribution >= 4 is 38.6 Å². The van der Waals surface area contributed by atoms with Crippen LogP contribution in [0, 0.1) is 0 Å².